The predicted molar refractivity (Wildman–Crippen MR) is 222 cm³/mol. The lowest BCUT2D eigenvalue weighted by atomic mass is 9.88. The molecule has 5 atom stereocenters. The zero-order valence-electron chi connectivity index (χ0n) is 35.8. The lowest BCUT2D eigenvalue weighted by Gasteiger charge is -2.38. The number of hydrogen-bond acceptors (Lipinski definition) is 13. The van der Waals surface area contributed by atoms with Crippen LogP contribution >= 0.6 is 0 Å². The van der Waals surface area contributed by atoms with Crippen LogP contribution in [0.15, 0.2) is 48.5 Å². The van der Waals surface area contributed by atoms with E-state index < -0.39 is 47.7 Å². The number of hydrogen-bond donors (Lipinski definition) is 8. The second-order valence-corrected chi connectivity index (χ2v) is 16.0. The lowest BCUT2D eigenvalue weighted by molar-refractivity contribution is -0.294. The molecule has 1 aliphatic rings. The summed E-state index contributed by atoms with van der Waals surface area (Å²) in [5.41, 5.74) is 0.804. The predicted octanol–water partition coefficient (Wildman–Crippen LogP) is 1.53. The Morgan fingerprint density at radius 2 is 1.43 bits per heavy atom. The molecule has 0 aliphatic carbocycles. The van der Waals surface area contributed by atoms with E-state index in [1.165, 1.54) is 0 Å². The summed E-state index contributed by atoms with van der Waals surface area (Å²) >= 11 is 0. The zero-order valence-corrected chi connectivity index (χ0v) is 35.8. The first-order valence-corrected chi connectivity index (χ1v) is 20.6. The largest absolute Gasteiger partial charge is 0.484 e. The van der Waals surface area contributed by atoms with E-state index in [1.54, 1.807) is 37.3 Å². The van der Waals surface area contributed by atoms with Crippen LogP contribution < -0.4 is 26.0 Å². The van der Waals surface area contributed by atoms with Crippen molar-refractivity contribution in [3.63, 3.8) is 0 Å². The van der Waals surface area contributed by atoms with Gasteiger partial charge in [0.25, 0.3) is 11.8 Å². The SMILES string of the molecule is C[C@@H]1O[C@@H](OCCOCCNC(=O)C(C)(C)CCOC(C)(C)CCNC(=O)COc2ccc(-c3cccc(C(=O)NCCNC(=O)CCCC(=O)O)c3)cc2)[C@H](O)[C@H](O)[C@H]1O. The summed E-state index contributed by atoms with van der Waals surface area (Å²) in [6.07, 6.45) is -4.47. The molecular formula is C43H64N4O14. The van der Waals surface area contributed by atoms with Crippen LogP contribution in [-0.4, -0.2) is 146 Å². The minimum atomic E-state index is -1.38. The number of carboxylic acids is 1. The summed E-state index contributed by atoms with van der Waals surface area (Å²) in [6, 6.07) is 14.2. The molecule has 340 valence electrons. The van der Waals surface area contributed by atoms with E-state index in [-0.39, 0.29) is 89.0 Å². The molecule has 18 nitrogen and oxygen atoms in total. The molecule has 1 saturated heterocycles. The molecule has 8 N–H and O–H groups in total. The Bertz CT molecular complexity index is 1710. The molecule has 0 saturated carbocycles. The first-order valence-electron chi connectivity index (χ1n) is 20.6. The van der Waals surface area contributed by atoms with Crippen molar-refractivity contribution < 1.29 is 68.1 Å². The molecule has 2 aromatic carbocycles. The molecule has 2 aromatic rings. The number of aliphatic carboxylic acids is 1. The van der Waals surface area contributed by atoms with Gasteiger partial charge in [0.2, 0.25) is 11.8 Å². The molecule has 18 heteroatoms. The fourth-order valence-corrected chi connectivity index (χ4v) is 5.98. The smallest absolute Gasteiger partial charge is 0.303 e. The monoisotopic (exact) mass is 860 g/mol. The Labute approximate surface area is 357 Å². The number of carbonyl (C=O) groups excluding carboxylic acids is 4. The van der Waals surface area contributed by atoms with Gasteiger partial charge in [-0.05, 0) is 75.4 Å². The maximum Gasteiger partial charge on any atom is 0.303 e. The molecular weight excluding hydrogens is 796 g/mol. The van der Waals surface area contributed by atoms with Crippen molar-refractivity contribution in [3.8, 4) is 16.9 Å². The summed E-state index contributed by atoms with van der Waals surface area (Å²) in [7, 11) is 0. The molecule has 0 aromatic heterocycles. The summed E-state index contributed by atoms with van der Waals surface area (Å²) < 4.78 is 28.1. The quantitative estimate of drug-likeness (QED) is 0.0593. The van der Waals surface area contributed by atoms with E-state index in [1.807, 2.05) is 45.9 Å². The van der Waals surface area contributed by atoms with Gasteiger partial charge in [-0.2, -0.15) is 0 Å². The number of benzene rings is 2. The zero-order chi connectivity index (χ0) is 45.0. The van der Waals surface area contributed by atoms with E-state index in [9.17, 15) is 39.3 Å². The van der Waals surface area contributed by atoms with Crippen molar-refractivity contribution >= 4 is 29.6 Å². The average molecular weight is 861 g/mol. The van der Waals surface area contributed by atoms with Gasteiger partial charge in [0.1, 0.15) is 24.1 Å². The number of carbonyl (C=O) groups is 5. The van der Waals surface area contributed by atoms with E-state index in [0.717, 1.165) is 11.1 Å². The average Bonchev–Trinajstić information content (AvgIpc) is 3.21. The van der Waals surface area contributed by atoms with Crippen molar-refractivity contribution in [1.29, 1.82) is 0 Å². The van der Waals surface area contributed by atoms with Crippen LogP contribution in [0.25, 0.3) is 11.1 Å². The van der Waals surface area contributed by atoms with Crippen LogP contribution in [0.1, 0.15) is 77.1 Å². The molecule has 0 spiro atoms. The van der Waals surface area contributed by atoms with E-state index in [4.69, 9.17) is 28.8 Å². The highest BCUT2D eigenvalue weighted by Gasteiger charge is 2.42. The second-order valence-electron chi connectivity index (χ2n) is 16.0. The minimum absolute atomic E-state index is 0.0755. The Balaban J connectivity index is 1.26. The number of rotatable bonds is 27. The lowest BCUT2D eigenvalue weighted by Crippen LogP contribution is -2.57. The third-order valence-electron chi connectivity index (χ3n) is 9.94. The third-order valence-corrected chi connectivity index (χ3v) is 9.94. The van der Waals surface area contributed by atoms with Crippen molar-refractivity contribution in [2.24, 2.45) is 5.41 Å². The van der Waals surface area contributed by atoms with Gasteiger partial charge in [-0.1, -0.05) is 38.1 Å². The first-order chi connectivity index (χ1) is 28.9. The Hall–Kier alpha value is -4.69. The van der Waals surface area contributed by atoms with Crippen molar-refractivity contribution in [2.75, 3.05) is 59.2 Å². The van der Waals surface area contributed by atoms with Crippen molar-refractivity contribution in [2.45, 2.75) is 103 Å². The van der Waals surface area contributed by atoms with Gasteiger partial charge < -0.3 is 65.4 Å². The highest BCUT2D eigenvalue weighted by Crippen LogP contribution is 2.25. The molecule has 1 fully saturated rings. The van der Waals surface area contributed by atoms with Crippen molar-refractivity contribution in [1.82, 2.24) is 21.3 Å². The van der Waals surface area contributed by atoms with Gasteiger partial charge >= 0.3 is 5.97 Å². The van der Waals surface area contributed by atoms with Crippen LogP contribution in [0, 0.1) is 5.41 Å². The third kappa shape index (κ3) is 18.4. The van der Waals surface area contributed by atoms with Crippen LogP contribution in [0.2, 0.25) is 0 Å². The highest BCUT2D eigenvalue weighted by molar-refractivity contribution is 5.95. The summed E-state index contributed by atoms with van der Waals surface area (Å²) in [6.45, 7) is 10.7. The normalized spacial score (nSPS) is 19.1. The topological polar surface area (TPSA) is 261 Å². The van der Waals surface area contributed by atoms with E-state index in [2.05, 4.69) is 21.3 Å². The molecule has 1 aliphatic heterocycles. The molecule has 3 rings (SSSR count). The van der Waals surface area contributed by atoms with Gasteiger partial charge in [0, 0.05) is 56.6 Å². The number of nitrogens with one attached hydrogen (secondary N) is 4. The minimum Gasteiger partial charge on any atom is -0.484 e. The molecule has 0 radical (unpaired) electrons. The summed E-state index contributed by atoms with van der Waals surface area (Å²) in [4.78, 5) is 60.4. The van der Waals surface area contributed by atoms with Gasteiger partial charge in [-0.15, -0.1) is 0 Å². The Kier molecular flexibility index (Phi) is 21.0. The van der Waals surface area contributed by atoms with E-state index in [0.29, 0.717) is 37.3 Å². The van der Waals surface area contributed by atoms with E-state index >= 15 is 0 Å². The molecule has 61 heavy (non-hydrogen) atoms. The van der Waals surface area contributed by atoms with Crippen LogP contribution in [0.3, 0.4) is 0 Å². The summed E-state index contributed by atoms with van der Waals surface area (Å²) in [5.74, 6) is -1.48. The standard InChI is InChI=1S/C43H64N4O14/c1-28-36(52)37(53)38(54)40(61-28)58-25-24-57-23-21-47-41(56)42(2,3)17-22-60-43(4,5)16-18-44-34(49)27-59-32-14-12-29(13-15-32)30-8-6-9-31(26-30)39(55)46-20-19-45-33(48)10-7-11-35(50)51/h6,8-9,12-15,26,28,36-38,40,52-54H,7,10-11,16-25,27H2,1-5H3,(H,44,49)(H,45,48)(H,46,55)(H,47,56)(H,50,51)/t28-,36-,37+,38+,40+/m0/s1. The highest BCUT2D eigenvalue weighted by atomic mass is 16.7. The summed E-state index contributed by atoms with van der Waals surface area (Å²) in [5, 5.41) is 49.4. The van der Waals surface area contributed by atoms with Crippen LogP contribution in [0.4, 0.5) is 0 Å². The molecule has 0 unspecified atom stereocenters. The number of carboxylic acid groups (broad SMARTS) is 1. The van der Waals surface area contributed by atoms with Crippen LogP contribution in [0.5, 0.6) is 5.75 Å². The Morgan fingerprint density at radius 1 is 0.721 bits per heavy atom. The molecule has 4 amide bonds. The maximum atomic E-state index is 12.8. The van der Waals surface area contributed by atoms with Gasteiger partial charge in [0.05, 0.1) is 31.5 Å². The number of amides is 4. The molecule has 1 heterocycles. The number of ether oxygens (including phenoxy) is 5. The van der Waals surface area contributed by atoms with Gasteiger partial charge in [-0.25, -0.2) is 0 Å². The Morgan fingerprint density at radius 3 is 2.15 bits per heavy atom. The first kappa shape index (κ1) is 50.7. The van der Waals surface area contributed by atoms with Gasteiger partial charge in [0.15, 0.2) is 12.9 Å². The van der Waals surface area contributed by atoms with Gasteiger partial charge in [-0.3, -0.25) is 24.0 Å². The van der Waals surface area contributed by atoms with Crippen LogP contribution in [-0.2, 0) is 38.1 Å². The second kappa shape index (κ2) is 25.3. The number of aliphatic hydroxyl groups is 3. The molecule has 0 bridgehead atoms. The number of aliphatic hydroxyl groups excluding tert-OH is 3. The fourth-order valence-electron chi connectivity index (χ4n) is 5.98. The maximum absolute atomic E-state index is 12.8. The fraction of sp³-hybridized carbons (Fsp3) is 0.605. The van der Waals surface area contributed by atoms with Crippen molar-refractivity contribution in [3.05, 3.63) is 54.1 Å².